The molecule has 0 radical (unpaired) electrons. The highest BCUT2D eigenvalue weighted by molar-refractivity contribution is 5.42. The van der Waals surface area contributed by atoms with Crippen LogP contribution in [0.3, 0.4) is 0 Å². The highest BCUT2D eigenvalue weighted by Gasteiger charge is 1.77. The monoisotopic (exact) mass is 126 g/mol. The van der Waals surface area contributed by atoms with Gasteiger partial charge in [-0.3, -0.25) is 0 Å². The molecule has 2 heteroatoms. The Labute approximate surface area is 54.8 Å². The van der Waals surface area contributed by atoms with Crippen LogP contribution in [-0.4, -0.2) is 12.5 Å². The smallest absolute Gasteiger partial charge is 0.180 e. The molecular weight excluding hydrogens is 116 g/mol. The van der Waals surface area contributed by atoms with Crippen molar-refractivity contribution in [1.29, 1.82) is 0 Å². The number of hydrogen-bond acceptors (Lipinski definition) is 2. The van der Waals surface area contributed by atoms with Crippen LogP contribution >= 0.6 is 0 Å². The molecule has 0 atom stereocenters. The molecule has 0 heterocycles. The fourth-order valence-corrected chi connectivity index (χ4v) is 0.352. The molecule has 0 aromatic rings. The Morgan fingerprint density at radius 2 is 2.44 bits per heavy atom. The van der Waals surface area contributed by atoms with Crippen molar-refractivity contribution in [3.63, 3.8) is 0 Å². The number of ether oxygens (including phenoxy) is 1. The van der Waals surface area contributed by atoms with Gasteiger partial charge in [-0.15, -0.1) is 0 Å². The van der Waals surface area contributed by atoms with E-state index in [-0.39, 0.29) is 0 Å². The van der Waals surface area contributed by atoms with Crippen LogP contribution in [0.2, 0.25) is 0 Å². The van der Waals surface area contributed by atoms with Crippen LogP contribution in [0.4, 0.5) is 0 Å². The zero-order valence-electron chi connectivity index (χ0n) is 5.52. The summed E-state index contributed by atoms with van der Waals surface area (Å²) in [5, 5.41) is 0. The van der Waals surface area contributed by atoms with Gasteiger partial charge in [0.15, 0.2) is 5.94 Å². The van der Waals surface area contributed by atoms with E-state index in [1.807, 2.05) is 0 Å². The molecule has 9 heavy (non-hydrogen) atoms. The highest BCUT2D eigenvalue weighted by atomic mass is 16.5. The van der Waals surface area contributed by atoms with Crippen LogP contribution in [0, 0.1) is 0 Å². The lowest BCUT2D eigenvalue weighted by molar-refractivity contribution is 0.244. The van der Waals surface area contributed by atoms with Crippen molar-refractivity contribution in [3.05, 3.63) is 12.0 Å². The third-order valence-corrected chi connectivity index (χ3v) is 0.817. The molecule has 0 fully saturated rings. The van der Waals surface area contributed by atoms with Crippen molar-refractivity contribution in [2.45, 2.75) is 19.8 Å². The van der Waals surface area contributed by atoms with E-state index in [0.29, 0.717) is 6.61 Å². The lowest BCUT2D eigenvalue weighted by Crippen LogP contribution is -1.83. The SMILES string of the molecule is CCCCOC=C=C=O. The maximum absolute atomic E-state index is 9.49. The maximum Gasteiger partial charge on any atom is 0.180 e. The van der Waals surface area contributed by atoms with E-state index >= 15 is 0 Å². The van der Waals surface area contributed by atoms with Gasteiger partial charge in [0.05, 0.1) is 6.61 Å². The van der Waals surface area contributed by atoms with Gasteiger partial charge in [0.25, 0.3) is 0 Å². The topological polar surface area (TPSA) is 26.3 Å². The Bertz CT molecular complexity index is 128. The van der Waals surface area contributed by atoms with E-state index in [0.717, 1.165) is 12.8 Å². The van der Waals surface area contributed by atoms with Crippen LogP contribution in [-0.2, 0) is 9.53 Å². The molecule has 0 rings (SSSR count). The zero-order valence-corrected chi connectivity index (χ0v) is 5.52. The number of rotatable bonds is 4. The third-order valence-electron chi connectivity index (χ3n) is 0.817. The summed E-state index contributed by atoms with van der Waals surface area (Å²) in [4.78, 5) is 9.49. The minimum Gasteiger partial charge on any atom is -0.492 e. The zero-order chi connectivity index (χ0) is 6.95. The van der Waals surface area contributed by atoms with Crippen molar-refractivity contribution in [2.24, 2.45) is 0 Å². The van der Waals surface area contributed by atoms with Crippen molar-refractivity contribution in [2.75, 3.05) is 6.61 Å². The third kappa shape index (κ3) is 7.03. The van der Waals surface area contributed by atoms with Crippen molar-refractivity contribution in [3.8, 4) is 0 Å². The Kier molecular flexibility index (Phi) is 6.27. The van der Waals surface area contributed by atoms with E-state index in [1.54, 1.807) is 0 Å². The van der Waals surface area contributed by atoms with Gasteiger partial charge in [0.2, 0.25) is 0 Å². The van der Waals surface area contributed by atoms with Gasteiger partial charge in [-0.1, -0.05) is 13.3 Å². The summed E-state index contributed by atoms with van der Waals surface area (Å²) < 4.78 is 4.82. The lowest BCUT2D eigenvalue weighted by Gasteiger charge is -1.93. The van der Waals surface area contributed by atoms with E-state index in [1.165, 1.54) is 12.2 Å². The Hall–Kier alpha value is -0.970. The molecule has 0 bridgehead atoms. The molecule has 0 amide bonds. The number of unbranched alkanes of at least 4 members (excludes halogenated alkanes) is 1. The first-order valence-electron chi connectivity index (χ1n) is 2.97. The first-order valence-corrected chi connectivity index (χ1v) is 2.97. The van der Waals surface area contributed by atoms with E-state index < -0.39 is 0 Å². The molecule has 0 unspecified atom stereocenters. The van der Waals surface area contributed by atoms with Gasteiger partial charge in [-0.05, 0) is 6.42 Å². The van der Waals surface area contributed by atoms with Gasteiger partial charge in [0, 0.05) is 5.73 Å². The lowest BCUT2D eigenvalue weighted by atomic mass is 10.4. The summed E-state index contributed by atoms with van der Waals surface area (Å²) in [6.45, 7) is 2.73. The molecule has 0 saturated heterocycles. The summed E-state index contributed by atoms with van der Waals surface area (Å²) in [5.74, 6) is 1.46. The minimum absolute atomic E-state index is 0.658. The summed E-state index contributed by atoms with van der Waals surface area (Å²) in [6.07, 6.45) is 3.35. The van der Waals surface area contributed by atoms with Gasteiger partial charge in [0.1, 0.15) is 6.26 Å². The normalized spacial score (nSPS) is 7.22. The summed E-state index contributed by atoms with van der Waals surface area (Å²) in [5.41, 5.74) is 2.15. The molecule has 0 spiro atoms. The fraction of sp³-hybridized carbons (Fsp3) is 0.571. The molecule has 0 aliphatic heterocycles. The summed E-state index contributed by atoms with van der Waals surface area (Å²) >= 11 is 0. The second kappa shape index (κ2) is 7.03. The predicted molar refractivity (Wildman–Crippen MR) is 34.6 cm³/mol. The van der Waals surface area contributed by atoms with Crippen molar-refractivity contribution < 1.29 is 9.53 Å². The standard InChI is InChI=1S/C7H10O2/c1-2-3-6-9-7-4-5-8/h7H,2-3,6H2,1H3. The molecule has 0 aliphatic carbocycles. The second-order valence-electron chi connectivity index (χ2n) is 1.59. The Morgan fingerprint density at radius 1 is 1.67 bits per heavy atom. The molecule has 0 aromatic heterocycles. The van der Waals surface area contributed by atoms with Crippen molar-refractivity contribution in [1.82, 2.24) is 0 Å². The first kappa shape index (κ1) is 8.03. The van der Waals surface area contributed by atoms with Crippen LogP contribution in [0.5, 0.6) is 0 Å². The summed E-state index contributed by atoms with van der Waals surface area (Å²) in [7, 11) is 0. The number of carbonyl (C=O) groups excluding carboxylic acids is 1. The second-order valence-corrected chi connectivity index (χ2v) is 1.59. The number of hydrogen-bond donors (Lipinski definition) is 0. The molecule has 0 saturated carbocycles. The fourth-order valence-electron chi connectivity index (χ4n) is 0.352. The molecule has 2 nitrogen and oxygen atoms in total. The predicted octanol–water partition coefficient (Wildman–Crippen LogP) is 1.30. The minimum atomic E-state index is 0.658. The largest absolute Gasteiger partial charge is 0.492 e. The summed E-state index contributed by atoms with van der Waals surface area (Å²) in [6, 6.07) is 0. The quantitative estimate of drug-likeness (QED) is 0.245. The molecule has 0 N–H and O–H groups in total. The van der Waals surface area contributed by atoms with E-state index in [9.17, 15) is 4.79 Å². The average molecular weight is 126 g/mol. The maximum atomic E-state index is 9.49. The van der Waals surface area contributed by atoms with Gasteiger partial charge in [-0.2, -0.15) is 0 Å². The van der Waals surface area contributed by atoms with E-state index in [2.05, 4.69) is 12.7 Å². The van der Waals surface area contributed by atoms with Gasteiger partial charge < -0.3 is 4.74 Å². The Morgan fingerprint density at radius 3 is 3.00 bits per heavy atom. The Balaban J connectivity index is 3.09. The van der Waals surface area contributed by atoms with E-state index in [4.69, 9.17) is 4.74 Å². The first-order chi connectivity index (χ1) is 4.41. The van der Waals surface area contributed by atoms with Gasteiger partial charge >= 0.3 is 0 Å². The van der Waals surface area contributed by atoms with Crippen LogP contribution in [0.25, 0.3) is 0 Å². The van der Waals surface area contributed by atoms with Crippen molar-refractivity contribution >= 4 is 5.94 Å². The van der Waals surface area contributed by atoms with Crippen LogP contribution < -0.4 is 0 Å². The molecule has 0 aliphatic rings. The molecule has 50 valence electrons. The van der Waals surface area contributed by atoms with Crippen LogP contribution in [0.15, 0.2) is 12.0 Å². The molecule has 0 aromatic carbocycles. The highest BCUT2D eigenvalue weighted by Crippen LogP contribution is 1.86. The average Bonchev–Trinajstić information content (AvgIpc) is 1.89. The molecular formula is C7H10O2. The van der Waals surface area contributed by atoms with Crippen LogP contribution in [0.1, 0.15) is 19.8 Å². The van der Waals surface area contributed by atoms with Gasteiger partial charge in [-0.25, -0.2) is 4.79 Å².